The van der Waals surface area contributed by atoms with Crippen molar-refractivity contribution in [2.75, 3.05) is 13.2 Å². The standard InChI is InChI=1S/C8H14N2O3S/c1-4(7(9)14)8(12)10-5-2-13-3-6(5)11/h4-6,11H,2-3H2,1H3,(H2,9,14)(H,10,12). The fourth-order valence-corrected chi connectivity index (χ4v) is 1.22. The lowest BCUT2D eigenvalue weighted by molar-refractivity contribution is -0.123. The van der Waals surface area contributed by atoms with Gasteiger partial charge in [-0.3, -0.25) is 4.79 Å². The molecule has 0 radical (unpaired) electrons. The fraction of sp³-hybridized carbons (Fsp3) is 0.750. The second kappa shape index (κ2) is 4.68. The normalized spacial score (nSPS) is 28.4. The Balaban J connectivity index is 2.44. The maximum atomic E-state index is 11.4. The molecule has 0 bridgehead atoms. The Morgan fingerprint density at radius 2 is 2.36 bits per heavy atom. The number of nitrogens with two attached hydrogens (primary N) is 1. The molecule has 3 unspecified atom stereocenters. The number of ether oxygens (including phenoxy) is 1. The summed E-state index contributed by atoms with van der Waals surface area (Å²) in [5.41, 5.74) is 5.32. The van der Waals surface area contributed by atoms with Gasteiger partial charge in [0.2, 0.25) is 5.91 Å². The van der Waals surface area contributed by atoms with Gasteiger partial charge >= 0.3 is 0 Å². The first-order valence-corrected chi connectivity index (χ1v) is 4.78. The predicted octanol–water partition coefficient (Wildman–Crippen LogP) is -1.22. The molecule has 1 aliphatic heterocycles. The molecule has 1 amide bonds. The Morgan fingerprint density at radius 3 is 2.79 bits per heavy atom. The second-order valence-electron chi connectivity index (χ2n) is 3.34. The molecule has 14 heavy (non-hydrogen) atoms. The van der Waals surface area contributed by atoms with Gasteiger partial charge in [0, 0.05) is 0 Å². The number of nitrogens with one attached hydrogen (secondary N) is 1. The van der Waals surface area contributed by atoms with Crippen LogP contribution in [0.4, 0.5) is 0 Å². The van der Waals surface area contributed by atoms with E-state index in [9.17, 15) is 9.90 Å². The van der Waals surface area contributed by atoms with E-state index in [1.165, 1.54) is 0 Å². The van der Waals surface area contributed by atoms with E-state index in [-0.39, 0.29) is 23.5 Å². The number of thiocarbonyl (C=S) groups is 1. The third-order valence-electron chi connectivity index (χ3n) is 2.20. The Bertz CT molecular complexity index is 247. The minimum absolute atomic E-state index is 0.149. The molecule has 0 aromatic rings. The maximum Gasteiger partial charge on any atom is 0.230 e. The van der Waals surface area contributed by atoms with Gasteiger partial charge in [-0.1, -0.05) is 12.2 Å². The molecule has 6 heteroatoms. The van der Waals surface area contributed by atoms with Gasteiger partial charge in [0.15, 0.2) is 0 Å². The van der Waals surface area contributed by atoms with E-state index in [2.05, 4.69) is 17.5 Å². The minimum atomic E-state index is -0.641. The van der Waals surface area contributed by atoms with Gasteiger partial charge in [-0.2, -0.15) is 0 Å². The average Bonchev–Trinajstić information content (AvgIpc) is 2.50. The van der Waals surface area contributed by atoms with Crippen LogP contribution in [0.25, 0.3) is 0 Å². The largest absolute Gasteiger partial charge is 0.393 e. The van der Waals surface area contributed by atoms with Gasteiger partial charge in [-0.05, 0) is 6.92 Å². The van der Waals surface area contributed by atoms with Gasteiger partial charge in [-0.15, -0.1) is 0 Å². The molecule has 0 spiro atoms. The summed E-state index contributed by atoms with van der Waals surface area (Å²) in [5, 5.41) is 12.0. The molecule has 4 N–H and O–H groups in total. The summed E-state index contributed by atoms with van der Waals surface area (Å²) < 4.78 is 4.98. The van der Waals surface area contributed by atoms with Crippen LogP contribution in [0, 0.1) is 5.92 Å². The molecular formula is C8H14N2O3S. The average molecular weight is 218 g/mol. The summed E-state index contributed by atoms with van der Waals surface area (Å²) in [7, 11) is 0. The molecule has 3 atom stereocenters. The van der Waals surface area contributed by atoms with Crippen molar-refractivity contribution in [2.24, 2.45) is 11.7 Å². The molecule has 1 heterocycles. The fourth-order valence-electron chi connectivity index (χ4n) is 1.12. The smallest absolute Gasteiger partial charge is 0.230 e. The first-order valence-electron chi connectivity index (χ1n) is 4.38. The maximum absolute atomic E-state index is 11.4. The lowest BCUT2D eigenvalue weighted by Gasteiger charge is -2.17. The highest BCUT2D eigenvalue weighted by atomic mass is 32.1. The number of hydrogen-bond acceptors (Lipinski definition) is 4. The van der Waals surface area contributed by atoms with Crippen molar-refractivity contribution in [1.29, 1.82) is 0 Å². The van der Waals surface area contributed by atoms with Crippen LogP contribution < -0.4 is 11.1 Å². The van der Waals surface area contributed by atoms with Crippen molar-refractivity contribution in [2.45, 2.75) is 19.1 Å². The van der Waals surface area contributed by atoms with Crippen LogP contribution in [-0.2, 0) is 9.53 Å². The highest BCUT2D eigenvalue weighted by Crippen LogP contribution is 2.06. The van der Waals surface area contributed by atoms with Crippen molar-refractivity contribution in [3.05, 3.63) is 0 Å². The molecule has 5 nitrogen and oxygen atoms in total. The number of carbonyl (C=O) groups excluding carboxylic acids is 1. The summed E-state index contributed by atoms with van der Waals surface area (Å²) in [6.07, 6.45) is -0.641. The SMILES string of the molecule is CC(C(=O)NC1COCC1O)C(N)=S. The zero-order chi connectivity index (χ0) is 10.7. The Kier molecular flexibility index (Phi) is 3.79. The van der Waals surface area contributed by atoms with E-state index < -0.39 is 12.0 Å². The third kappa shape index (κ3) is 2.63. The Labute approximate surface area is 87.6 Å². The van der Waals surface area contributed by atoms with Gasteiger partial charge in [-0.25, -0.2) is 0 Å². The highest BCUT2D eigenvalue weighted by molar-refractivity contribution is 7.80. The monoisotopic (exact) mass is 218 g/mol. The number of rotatable bonds is 3. The third-order valence-corrected chi connectivity index (χ3v) is 2.55. The van der Waals surface area contributed by atoms with E-state index in [1.54, 1.807) is 6.92 Å². The zero-order valence-electron chi connectivity index (χ0n) is 7.90. The number of aliphatic hydroxyl groups is 1. The van der Waals surface area contributed by atoms with Gasteiger partial charge in [0.25, 0.3) is 0 Å². The van der Waals surface area contributed by atoms with Crippen molar-refractivity contribution < 1.29 is 14.6 Å². The summed E-state index contributed by atoms with van der Waals surface area (Å²) in [6.45, 7) is 2.21. The molecule has 0 saturated carbocycles. The highest BCUT2D eigenvalue weighted by Gasteiger charge is 2.29. The molecule has 1 aliphatic rings. The molecule has 0 aromatic heterocycles. The van der Waals surface area contributed by atoms with Crippen LogP contribution in [-0.4, -0.2) is 41.4 Å². The summed E-state index contributed by atoms with van der Waals surface area (Å²) >= 11 is 4.69. The van der Waals surface area contributed by atoms with Gasteiger partial charge < -0.3 is 20.9 Å². The zero-order valence-corrected chi connectivity index (χ0v) is 8.71. The molecular weight excluding hydrogens is 204 g/mol. The summed E-state index contributed by atoms with van der Waals surface area (Å²) in [4.78, 5) is 11.6. The molecule has 0 aliphatic carbocycles. The van der Waals surface area contributed by atoms with E-state index in [1.807, 2.05) is 0 Å². The lowest BCUT2D eigenvalue weighted by atomic mass is 10.1. The first-order chi connectivity index (χ1) is 6.52. The second-order valence-corrected chi connectivity index (χ2v) is 3.82. The molecule has 1 rings (SSSR count). The van der Waals surface area contributed by atoms with Crippen LogP contribution in [0.3, 0.4) is 0 Å². The van der Waals surface area contributed by atoms with E-state index in [4.69, 9.17) is 10.5 Å². The van der Waals surface area contributed by atoms with Crippen LogP contribution in [0.1, 0.15) is 6.92 Å². The van der Waals surface area contributed by atoms with Crippen molar-refractivity contribution in [1.82, 2.24) is 5.32 Å². The topological polar surface area (TPSA) is 84.6 Å². The van der Waals surface area contributed by atoms with E-state index in [0.29, 0.717) is 6.61 Å². The molecule has 1 fully saturated rings. The predicted molar refractivity (Wildman–Crippen MR) is 54.7 cm³/mol. The number of hydrogen-bond donors (Lipinski definition) is 3. The van der Waals surface area contributed by atoms with Crippen LogP contribution in [0.2, 0.25) is 0 Å². The number of amides is 1. The molecule has 1 saturated heterocycles. The van der Waals surface area contributed by atoms with Gasteiger partial charge in [0.1, 0.15) is 0 Å². The quantitative estimate of drug-likeness (QED) is 0.517. The number of carbonyl (C=O) groups is 1. The summed E-state index contributed by atoms with van der Waals surface area (Å²) in [6, 6.07) is -0.348. The van der Waals surface area contributed by atoms with Crippen LogP contribution in [0.5, 0.6) is 0 Å². The summed E-state index contributed by atoms with van der Waals surface area (Å²) in [5.74, 6) is -0.787. The van der Waals surface area contributed by atoms with Crippen molar-refractivity contribution in [3.8, 4) is 0 Å². The Morgan fingerprint density at radius 1 is 1.71 bits per heavy atom. The Hall–Kier alpha value is -0.720. The lowest BCUT2D eigenvalue weighted by Crippen LogP contribution is -2.46. The van der Waals surface area contributed by atoms with Crippen molar-refractivity contribution in [3.63, 3.8) is 0 Å². The molecule has 0 aromatic carbocycles. The number of aliphatic hydroxyl groups excluding tert-OH is 1. The molecule has 80 valence electrons. The van der Waals surface area contributed by atoms with Crippen molar-refractivity contribution >= 4 is 23.1 Å². The van der Waals surface area contributed by atoms with Crippen LogP contribution >= 0.6 is 12.2 Å². The van der Waals surface area contributed by atoms with Gasteiger partial charge in [0.05, 0.1) is 36.3 Å². The van der Waals surface area contributed by atoms with E-state index in [0.717, 1.165) is 0 Å². The van der Waals surface area contributed by atoms with E-state index >= 15 is 0 Å². The van der Waals surface area contributed by atoms with Crippen LogP contribution in [0.15, 0.2) is 0 Å². The first kappa shape index (κ1) is 11.4. The minimum Gasteiger partial charge on any atom is -0.393 e.